The molecule has 0 atom stereocenters. The van der Waals surface area contributed by atoms with Crippen LogP contribution in [0.1, 0.15) is 0 Å². The van der Waals surface area contributed by atoms with Gasteiger partial charge in [-0.2, -0.15) is 4.79 Å². The molecule has 0 aliphatic heterocycles. The van der Waals surface area contributed by atoms with Crippen LogP contribution < -0.4 is 5.01 Å². The third-order valence-electron chi connectivity index (χ3n) is 2.61. The van der Waals surface area contributed by atoms with E-state index < -0.39 is 0 Å². The largest absolute Gasteiger partial charge is 0.304 e. The van der Waals surface area contributed by atoms with E-state index in [1.165, 1.54) is 16.3 Å². The third kappa shape index (κ3) is 1.11. The first-order valence-electron chi connectivity index (χ1n) is 4.88. The Kier molecular flexibility index (Phi) is 1.54. The molecule has 4 nitrogen and oxygen atoms in total. The molecule has 3 aromatic rings. The maximum Gasteiger partial charge on any atom is 0.0904 e. The van der Waals surface area contributed by atoms with E-state index >= 15 is 0 Å². The van der Waals surface area contributed by atoms with Crippen LogP contribution in [-0.2, 0) is 0 Å². The van der Waals surface area contributed by atoms with Gasteiger partial charge < -0.3 is 5.01 Å². The number of hydrogen-bond acceptors (Lipinski definition) is 2. The lowest BCUT2D eigenvalue weighted by Gasteiger charge is -2.14. The van der Waals surface area contributed by atoms with Crippen molar-refractivity contribution in [3.05, 3.63) is 30.6 Å². The van der Waals surface area contributed by atoms with Crippen molar-refractivity contribution in [2.24, 2.45) is 0 Å². The molecule has 1 N–H and O–H groups in total. The van der Waals surface area contributed by atoms with Crippen molar-refractivity contribution in [3.63, 3.8) is 0 Å². The highest BCUT2D eigenvalue weighted by molar-refractivity contribution is 5.95. The third-order valence-corrected chi connectivity index (χ3v) is 2.61. The van der Waals surface area contributed by atoms with Crippen molar-refractivity contribution in [1.82, 2.24) is 14.9 Å². The molecule has 0 spiro atoms. The number of nitrogens with one attached hydrogen (secondary N) is 1. The second-order valence-electron chi connectivity index (χ2n) is 3.85. The van der Waals surface area contributed by atoms with Gasteiger partial charge in [-0.05, 0) is 18.2 Å². The van der Waals surface area contributed by atoms with Crippen molar-refractivity contribution in [1.29, 1.82) is 0 Å². The number of fused-ring (bicyclic) bond motifs is 2. The van der Waals surface area contributed by atoms with Gasteiger partial charge >= 0.3 is 0 Å². The highest BCUT2D eigenvalue weighted by atomic mass is 15.6. The first-order valence-corrected chi connectivity index (χ1v) is 4.88. The van der Waals surface area contributed by atoms with Crippen LogP contribution in [0.5, 0.6) is 0 Å². The van der Waals surface area contributed by atoms with Crippen molar-refractivity contribution in [2.75, 3.05) is 19.1 Å². The predicted molar refractivity (Wildman–Crippen MR) is 61.7 cm³/mol. The van der Waals surface area contributed by atoms with Crippen LogP contribution >= 0.6 is 0 Å². The van der Waals surface area contributed by atoms with Gasteiger partial charge in [0.05, 0.1) is 11.0 Å². The Bertz CT molecular complexity index is 618. The lowest BCUT2D eigenvalue weighted by atomic mass is 10.2. The molecule has 1 aromatic carbocycles. The Morgan fingerprint density at radius 2 is 2.13 bits per heavy atom. The molecule has 0 saturated carbocycles. The Morgan fingerprint density at radius 1 is 1.27 bits per heavy atom. The topological polar surface area (TPSA) is 36.9 Å². The molecule has 3 rings (SSSR count). The van der Waals surface area contributed by atoms with Crippen LogP contribution in [0.2, 0.25) is 0 Å². The Balaban J connectivity index is 2.41. The fraction of sp³-hybridized carbons (Fsp3) is 0.182. The van der Waals surface area contributed by atoms with Gasteiger partial charge in [0, 0.05) is 37.3 Å². The zero-order chi connectivity index (χ0) is 10.4. The smallest absolute Gasteiger partial charge is 0.0904 e. The second-order valence-corrected chi connectivity index (χ2v) is 3.85. The molecule has 0 radical (unpaired) electrons. The normalized spacial score (nSPS) is 11.3. The number of benzene rings is 1. The maximum atomic E-state index is 4.29. The lowest BCUT2D eigenvalue weighted by Crippen LogP contribution is -2.25. The van der Waals surface area contributed by atoms with Crippen LogP contribution in [0.25, 0.3) is 21.8 Å². The number of H-pyrrole nitrogens is 1. The molecule has 0 unspecified atom stereocenters. The van der Waals surface area contributed by atoms with E-state index in [0.717, 1.165) is 5.52 Å². The van der Waals surface area contributed by atoms with Gasteiger partial charge in [-0.25, -0.2) is 0 Å². The van der Waals surface area contributed by atoms with Crippen LogP contribution in [-0.4, -0.2) is 29.0 Å². The lowest BCUT2D eigenvalue weighted by molar-refractivity contribution is 0.661. The van der Waals surface area contributed by atoms with Gasteiger partial charge in [0.15, 0.2) is 0 Å². The molecule has 2 aromatic heterocycles. The Labute approximate surface area is 87.1 Å². The number of aromatic nitrogens is 3. The number of hydrogen-bond donors (Lipinski definition) is 1. The first kappa shape index (κ1) is 8.35. The van der Waals surface area contributed by atoms with E-state index in [2.05, 4.69) is 22.2 Å². The second kappa shape index (κ2) is 2.76. The average molecular weight is 200 g/mol. The highest BCUT2D eigenvalue weighted by Crippen LogP contribution is 2.21. The van der Waals surface area contributed by atoms with Crippen molar-refractivity contribution in [2.45, 2.75) is 0 Å². The van der Waals surface area contributed by atoms with E-state index in [9.17, 15) is 0 Å². The summed E-state index contributed by atoms with van der Waals surface area (Å²) in [5.41, 5.74) is 2.22. The quantitative estimate of drug-likeness (QED) is 0.649. The monoisotopic (exact) mass is 200 g/mol. The van der Waals surface area contributed by atoms with E-state index in [4.69, 9.17) is 0 Å². The molecular formula is C11H12N4. The van der Waals surface area contributed by atoms with Crippen LogP contribution in [0.15, 0.2) is 30.6 Å². The minimum absolute atomic E-state index is 1.05. The SMILES string of the molecule is CN(C)n1[nH]cc2cc3nccc3cc21. The maximum absolute atomic E-state index is 4.29. The van der Waals surface area contributed by atoms with E-state index in [1.54, 1.807) is 0 Å². The molecule has 76 valence electrons. The summed E-state index contributed by atoms with van der Waals surface area (Å²) in [5.74, 6) is 0. The molecule has 2 heterocycles. The fourth-order valence-electron chi connectivity index (χ4n) is 1.88. The van der Waals surface area contributed by atoms with Crippen LogP contribution in [0, 0.1) is 0 Å². The standard InChI is InChI=1S/C11H12N4/c1-14(2)15-11-6-8-3-4-12-10(8)5-9(11)7-13-15/h3-7,13H,1-2H3. The Hall–Kier alpha value is -1.97. The summed E-state index contributed by atoms with van der Waals surface area (Å²) in [6, 6.07) is 6.27. The summed E-state index contributed by atoms with van der Waals surface area (Å²) in [6.45, 7) is 0. The number of rotatable bonds is 1. The van der Waals surface area contributed by atoms with Gasteiger partial charge in [-0.15, -0.1) is 0 Å². The van der Waals surface area contributed by atoms with Crippen molar-refractivity contribution >= 4 is 21.8 Å². The van der Waals surface area contributed by atoms with E-state index in [0.29, 0.717) is 0 Å². The van der Waals surface area contributed by atoms with Crippen LogP contribution in [0.3, 0.4) is 0 Å². The molecule has 0 fully saturated rings. The molecule has 0 aliphatic carbocycles. The zero-order valence-electron chi connectivity index (χ0n) is 8.73. The Morgan fingerprint density at radius 3 is 2.93 bits per heavy atom. The molecular weight excluding hydrogens is 188 g/mol. The predicted octanol–water partition coefficient (Wildman–Crippen LogP) is 1.72. The van der Waals surface area contributed by atoms with Gasteiger partial charge in [0.1, 0.15) is 0 Å². The highest BCUT2D eigenvalue weighted by Gasteiger charge is 2.05. The molecule has 4 heteroatoms. The minimum Gasteiger partial charge on any atom is -0.304 e. The summed E-state index contributed by atoms with van der Waals surface area (Å²) in [6.07, 6.45) is 3.83. The van der Waals surface area contributed by atoms with Gasteiger partial charge in [-0.3, -0.25) is 10.1 Å². The van der Waals surface area contributed by atoms with Crippen LogP contribution in [0.4, 0.5) is 0 Å². The molecule has 0 amide bonds. The molecule has 0 aliphatic rings. The molecule has 0 saturated heterocycles. The van der Waals surface area contributed by atoms with Crippen molar-refractivity contribution in [3.8, 4) is 0 Å². The number of nitrogens with zero attached hydrogens (tertiary/aromatic N) is 3. The van der Waals surface area contributed by atoms with Gasteiger partial charge in [-0.1, -0.05) is 0 Å². The van der Waals surface area contributed by atoms with E-state index in [1.807, 2.05) is 42.4 Å². The summed E-state index contributed by atoms with van der Waals surface area (Å²) in [5, 5.41) is 7.55. The minimum atomic E-state index is 1.05. The molecule has 0 bridgehead atoms. The van der Waals surface area contributed by atoms with Gasteiger partial charge in [0.2, 0.25) is 0 Å². The van der Waals surface area contributed by atoms with Gasteiger partial charge in [0.25, 0.3) is 0 Å². The van der Waals surface area contributed by atoms with E-state index in [-0.39, 0.29) is 0 Å². The number of aromatic amines is 1. The summed E-state index contributed by atoms with van der Waals surface area (Å²) in [7, 11) is 4.01. The molecule has 15 heavy (non-hydrogen) atoms. The summed E-state index contributed by atoms with van der Waals surface area (Å²) in [4.78, 5) is 6.29. The summed E-state index contributed by atoms with van der Waals surface area (Å²) < 4.78 is 0. The van der Waals surface area contributed by atoms with Crippen molar-refractivity contribution < 1.29 is 0 Å². The summed E-state index contributed by atoms with van der Waals surface area (Å²) >= 11 is 0. The average Bonchev–Trinajstić information content (AvgIpc) is 2.77. The fourth-order valence-corrected chi connectivity index (χ4v) is 1.88. The first-order chi connectivity index (χ1) is 7.25. The zero-order valence-corrected chi connectivity index (χ0v) is 8.73.